The van der Waals surface area contributed by atoms with E-state index in [-0.39, 0.29) is 11.1 Å². The predicted molar refractivity (Wildman–Crippen MR) is 81.4 cm³/mol. The highest BCUT2D eigenvalue weighted by molar-refractivity contribution is 6.33. The minimum absolute atomic E-state index is 0.0195. The van der Waals surface area contributed by atoms with Crippen molar-refractivity contribution in [2.75, 3.05) is 32.0 Å². The van der Waals surface area contributed by atoms with Crippen molar-refractivity contribution >= 4 is 23.0 Å². The molecule has 1 aliphatic heterocycles. The summed E-state index contributed by atoms with van der Waals surface area (Å²) in [4.78, 5) is 12.6. The maximum Gasteiger partial charge on any atom is 0.271 e. The molecule has 0 bridgehead atoms. The standard InChI is InChI=1S/C14H20ClN3O2/c1-14(5-7-17(2)8-6-14)10-16-13-4-3-11(18(19)20)9-12(13)15/h3-4,9,16H,5-8,10H2,1-2H3. The van der Waals surface area contributed by atoms with Crippen molar-refractivity contribution in [1.29, 1.82) is 0 Å². The molecule has 0 amide bonds. The highest BCUT2D eigenvalue weighted by Crippen LogP contribution is 2.32. The molecule has 1 saturated heterocycles. The first-order valence-electron chi connectivity index (χ1n) is 6.76. The van der Waals surface area contributed by atoms with Gasteiger partial charge in [0.15, 0.2) is 0 Å². The van der Waals surface area contributed by atoms with Gasteiger partial charge in [0.25, 0.3) is 5.69 Å². The molecule has 1 heterocycles. The van der Waals surface area contributed by atoms with Gasteiger partial charge in [-0.05, 0) is 44.5 Å². The Kier molecular flexibility index (Phi) is 4.50. The molecule has 6 heteroatoms. The van der Waals surface area contributed by atoms with E-state index in [9.17, 15) is 10.1 Å². The van der Waals surface area contributed by atoms with Crippen molar-refractivity contribution in [2.24, 2.45) is 5.41 Å². The van der Waals surface area contributed by atoms with Crippen molar-refractivity contribution in [1.82, 2.24) is 4.90 Å². The van der Waals surface area contributed by atoms with E-state index in [2.05, 4.69) is 24.2 Å². The van der Waals surface area contributed by atoms with Crippen LogP contribution in [0.15, 0.2) is 18.2 Å². The van der Waals surface area contributed by atoms with Gasteiger partial charge in [-0.1, -0.05) is 18.5 Å². The van der Waals surface area contributed by atoms with Gasteiger partial charge in [-0.2, -0.15) is 0 Å². The van der Waals surface area contributed by atoms with Crippen LogP contribution in [0.4, 0.5) is 11.4 Å². The van der Waals surface area contributed by atoms with Crippen LogP contribution in [0, 0.1) is 15.5 Å². The summed E-state index contributed by atoms with van der Waals surface area (Å²) in [5.74, 6) is 0. The molecule has 0 unspecified atom stereocenters. The fraction of sp³-hybridized carbons (Fsp3) is 0.571. The third-order valence-corrected chi connectivity index (χ3v) is 4.38. The number of piperidine rings is 1. The molecule has 5 nitrogen and oxygen atoms in total. The number of hydrogen-bond acceptors (Lipinski definition) is 4. The maximum absolute atomic E-state index is 10.7. The number of anilines is 1. The number of nitro groups is 1. The number of nitro benzene ring substituents is 1. The molecule has 2 rings (SSSR count). The lowest BCUT2D eigenvalue weighted by molar-refractivity contribution is -0.384. The fourth-order valence-electron chi connectivity index (χ4n) is 2.40. The fourth-order valence-corrected chi connectivity index (χ4v) is 2.65. The number of rotatable bonds is 4. The van der Waals surface area contributed by atoms with Gasteiger partial charge < -0.3 is 10.2 Å². The zero-order valence-electron chi connectivity index (χ0n) is 11.9. The number of nitrogens with one attached hydrogen (secondary N) is 1. The molecule has 0 saturated carbocycles. The quantitative estimate of drug-likeness (QED) is 0.683. The lowest BCUT2D eigenvalue weighted by Gasteiger charge is -2.38. The van der Waals surface area contributed by atoms with E-state index in [1.165, 1.54) is 12.1 Å². The minimum Gasteiger partial charge on any atom is -0.383 e. The molecule has 1 aliphatic rings. The number of likely N-dealkylation sites (tertiary alicyclic amines) is 1. The Labute approximate surface area is 124 Å². The zero-order chi connectivity index (χ0) is 14.8. The highest BCUT2D eigenvalue weighted by atomic mass is 35.5. The van der Waals surface area contributed by atoms with Gasteiger partial charge in [-0.15, -0.1) is 0 Å². The molecule has 1 fully saturated rings. The van der Waals surface area contributed by atoms with Gasteiger partial charge in [-0.25, -0.2) is 0 Å². The molecule has 1 N–H and O–H groups in total. The first-order chi connectivity index (χ1) is 9.39. The lowest BCUT2D eigenvalue weighted by Crippen LogP contribution is -2.40. The molecule has 110 valence electrons. The third-order valence-electron chi connectivity index (χ3n) is 4.06. The molecule has 1 aromatic rings. The van der Waals surface area contributed by atoms with Gasteiger partial charge >= 0.3 is 0 Å². The predicted octanol–water partition coefficient (Wildman–Crippen LogP) is 3.39. The summed E-state index contributed by atoms with van der Waals surface area (Å²) >= 11 is 6.08. The second-order valence-corrected chi connectivity index (χ2v) is 6.30. The number of halogens is 1. The Balaban J connectivity index is 1.99. The van der Waals surface area contributed by atoms with Crippen LogP contribution in [0.5, 0.6) is 0 Å². The first kappa shape index (κ1) is 15.1. The zero-order valence-corrected chi connectivity index (χ0v) is 12.6. The van der Waals surface area contributed by atoms with E-state index in [4.69, 9.17) is 11.6 Å². The molecule has 20 heavy (non-hydrogen) atoms. The van der Waals surface area contributed by atoms with Gasteiger partial charge in [0.1, 0.15) is 0 Å². The highest BCUT2D eigenvalue weighted by Gasteiger charge is 2.28. The van der Waals surface area contributed by atoms with Crippen molar-refractivity contribution in [3.8, 4) is 0 Å². The summed E-state index contributed by atoms with van der Waals surface area (Å²) in [7, 11) is 2.14. The Morgan fingerprint density at radius 1 is 1.45 bits per heavy atom. The SMILES string of the molecule is CN1CCC(C)(CNc2ccc([N+](=O)[O-])cc2Cl)CC1. The molecule has 0 aromatic heterocycles. The Morgan fingerprint density at radius 2 is 2.10 bits per heavy atom. The van der Waals surface area contributed by atoms with Gasteiger partial charge in [0, 0.05) is 18.7 Å². The van der Waals surface area contributed by atoms with Crippen LogP contribution in [-0.4, -0.2) is 36.5 Å². The lowest BCUT2D eigenvalue weighted by atomic mass is 9.80. The van der Waals surface area contributed by atoms with E-state index in [0.717, 1.165) is 38.2 Å². The van der Waals surface area contributed by atoms with Crippen molar-refractivity contribution in [3.05, 3.63) is 33.3 Å². The second kappa shape index (κ2) is 5.97. The van der Waals surface area contributed by atoms with Crippen LogP contribution in [0.3, 0.4) is 0 Å². The average Bonchev–Trinajstić information content (AvgIpc) is 2.41. The largest absolute Gasteiger partial charge is 0.383 e. The van der Waals surface area contributed by atoms with Crippen LogP contribution < -0.4 is 5.32 Å². The average molecular weight is 298 g/mol. The minimum atomic E-state index is -0.437. The van der Waals surface area contributed by atoms with Crippen LogP contribution in [0.2, 0.25) is 5.02 Å². The topological polar surface area (TPSA) is 58.4 Å². The monoisotopic (exact) mass is 297 g/mol. The third kappa shape index (κ3) is 3.61. The summed E-state index contributed by atoms with van der Waals surface area (Å²) in [5, 5.41) is 14.4. The van der Waals surface area contributed by atoms with E-state index in [1.54, 1.807) is 6.07 Å². The molecular formula is C14H20ClN3O2. The molecule has 0 atom stereocenters. The van der Waals surface area contributed by atoms with E-state index in [1.807, 2.05) is 0 Å². The Bertz CT molecular complexity index is 499. The van der Waals surface area contributed by atoms with Gasteiger partial charge in [0.2, 0.25) is 0 Å². The Morgan fingerprint density at radius 3 is 2.65 bits per heavy atom. The summed E-state index contributed by atoms with van der Waals surface area (Å²) in [6, 6.07) is 4.55. The molecule has 0 radical (unpaired) electrons. The van der Waals surface area contributed by atoms with E-state index in [0.29, 0.717) is 5.02 Å². The number of benzene rings is 1. The molecule has 0 spiro atoms. The molecule has 0 aliphatic carbocycles. The smallest absolute Gasteiger partial charge is 0.271 e. The van der Waals surface area contributed by atoms with Crippen molar-refractivity contribution < 1.29 is 4.92 Å². The van der Waals surface area contributed by atoms with E-state index >= 15 is 0 Å². The second-order valence-electron chi connectivity index (χ2n) is 5.89. The van der Waals surface area contributed by atoms with Crippen LogP contribution in [-0.2, 0) is 0 Å². The van der Waals surface area contributed by atoms with E-state index < -0.39 is 4.92 Å². The Hall–Kier alpha value is -1.33. The van der Waals surface area contributed by atoms with Gasteiger partial charge in [-0.3, -0.25) is 10.1 Å². The van der Waals surface area contributed by atoms with Crippen LogP contribution >= 0.6 is 11.6 Å². The summed E-state index contributed by atoms with van der Waals surface area (Å²) in [6.07, 6.45) is 2.28. The number of non-ortho nitro benzene ring substituents is 1. The molecule has 1 aromatic carbocycles. The normalized spacial score (nSPS) is 18.8. The number of hydrogen-bond donors (Lipinski definition) is 1. The van der Waals surface area contributed by atoms with Crippen molar-refractivity contribution in [2.45, 2.75) is 19.8 Å². The first-order valence-corrected chi connectivity index (χ1v) is 7.14. The summed E-state index contributed by atoms with van der Waals surface area (Å²) in [6.45, 7) is 5.31. The van der Waals surface area contributed by atoms with Gasteiger partial charge in [0.05, 0.1) is 15.6 Å². The number of nitrogens with zero attached hydrogens (tertiary/aromatic N) is 2. The van der Waals surface area contributed by atoms with Crippen LogP contribution in [0.1, 0.15) is 19.8 Å². The summed E-state index contributed by atoms with van der Waals surface area (Å²) < 4.78 is 0. The summed E-state index contributed by atoms with van der Waals surface area (Å²) in [5.41, 5.74) is 1.03. The molecular weight excluding hydrogens is 278 g/mol. The van der Waals surface area contributed by atoms with Crippen LogP contribution in [0.25, 0.3) is 0 Å². The van der Waals surface area contributed by atoms with Crippen molar-refractivity contribution in [3.63, 3.8) is 0 Å². The maximum atomic E-state index is 10.7.